The van der Waals surface area contributed by atoms with E-state index in [-0.39, 0.29) is 28.3 Å². The summed E-state index contributed by atoms with van der Waals surface area (Å²) in [6.45, 7) is 17.9. The fourth-order valence-electron chi connectivity index (χ4n) is 5.31. The molecule has 0 bridgehead atoms. The lowest BCUT2D eigenvalue weighted by molar-refractivity contribution is 0.0933. The van der Waals surface area contributed by atoms with Crippen molar-refractivity contribution in [3.8, 4) is 11.4 Å². The van der Waals surface area contributed by atoms with Gasteiger partial charge in [-0.3, -0.25) is 14.5 Å². The van der Waals surface area contributed by atoms with Crippen LogP contribution < -0.4 is 15.4 Å². The van der Waals surface area contributed by atoms with Crippen molar-refractivity contribution >= 4 is 17.5 Å². The number of ether oxygens (including phenoxy) is 1. The van der Waals surface area contributed by atoms with Gasteiger partial charge in [0, 0.05) is 43.3 Å². The number of aryl methyl sites for hydroxylation is 1. The highest BCUT2D eigenvalue weighted by molar-refractivity contribution is 6.05. The van der Waals surface area contributed by atoms with Gasteiger partial charge in [-0.25, -0.2) is 4.68 Å². The van der Waals surface area contributed by atoms with Crippen LogP contribution >= 0.6 is 0 Å². The first-order chi connectivity index (χ1) is 20.6. The second-order valence-electron chi connectivity index (χ2n) is 14.4. The molecule has 2 amide bonds. The van der Waals surface area contributed by atoms with Gasteiger partial charge >= 0.3 is 0 Å². The zero-order valence-electron chi connectivity index (χ0n) is 28.0. The maximum Gasteiger partial charge on any atom is 0.273 e. The number of anilines is 1. The lowest BCUT2D eigenvalue weighted by Crippen LogP contribution is -2.32. The van der Waals surface area contributed by atoms with Gasteiger partial charge in [-0.1, -0.05) is 58.9 Å². The molecule has 0 aliphatic carbocycles. The highest BCUT2D eigenvalue weighted by Gasteiger charge is 2.27. The van der Waals surface area contributed by atoms with Gasteiger partial charge in [0.05, 0.1) is 24.7 Å². The number of hydrogen-bond donors (Lipinski definition) is 2. The van der Waals surface area contributed by atoms with E-state index in [1.807, 2.05) is 39.8 Å². The minimum Gasteiger partial charge on any atom is -0.494 e. The van der Waals surface area contributed by atoms with E-state index in [0.717, 1.165) is 42.7 Å². The molecule has 3 aromatic rings. The standard InChI is InChI=1S/C34H49N7O3/c1-22-11-12-23(16-29(22)41-20-28(37-38-41)32(43)35-21-33(2,3)4)31(42)36-27-17-25(34(5,6)7)15-24(30(27)44-10)18-40-14-13-26(19-40)39(8)9/h11-12,15-17,20,26H,13-14,18-19,21H2,1-10H3,(H,35,43)(H,36,42)/t26-/m0/s1. The molecule has 44 heavy (non-hydrogen) atoms. The molecule has 1 aliphatic heterocycles. The minimum absolute atomic E-state index is 0.0525. The maximum absolute atomic E-state index is 13.7. The predicted octanol–water partition coefficient (Wildman–Crippen LogP) is 5.05. The van der Waals surface area contributed by atoms with Crippen molar-refractivity contribution in [3.05, 3.63) is 64.5 Å². The Kier molecular flexibility index (Phi) is 9.85. The second-order valence-corrected chi connectivity index (χ2v) is 14.4. The average molecular weight is 604 g/mol. The van der Waals surface area contributed by atoms with Crippen LogP contribution in [0.15, 0.2) is 36.5 Å². The van der Waals surface area contributed by atoms with E-state index in [1.54, 1.807) is 25.4 Å². The van der Waals surface area contributed by atoms with Crippen molar-refractivity contribution in [2.75, 3.05) is 46.2 Å². The molecule has 2 heterocycles. The van der Waals surface area contributed by atoms with Gasteiger partial charge in [-0.2, -0.15) is 0 Å². The zero-order chi connectivity index (χ0) is 32.4. The lowest BCUT2D eigenvalue weighted by Gasteiger charge is -2.26. The van der Waals surface area contributed by atoms with Crippen molar-refractivity contribution in [2.24, 2.45) is 5.41 Å². The third kappa shape index (κ3) is 8.04. The molecule has 1 saturated heterocycles. The largest absolute Gasteiger partial charge is 0.494 e. The number of amides is 2. The molecule has 2 N–H and O–H groups in total. The Morgan fingerprint density at radius 2 is 1.80 bits per heavy atom. The lowest BCUT2D eigenvalue weighted by atomic mass is 9.85. The van der Waals surface area contributed by atoms with Gasteiger partial charge in [0.15, 0.2) is 5.69 Å². The van der Waals surface area contributed by atoms with Crippen LogP contribution in [0.4, 0.5) is 5.69 Å². The smallest absolute Gasteiger partial charge is 0.273 e. The van der Waals surface area contributed by atoms with Crippen LogP contribution in [0.25, 0.3) is 5.69 Å². The van der Waals surface area contributed by atoms with Crippen LogP contribution in [0.2, 0.25) is 0 Å². The number of carbonyl (C=O) groups is 2. The van der Waals surface area contributed by atoms with E-state index in [4.69, 9.17) is 4.74 Å². The summed E-state index contributed by atoms with van der Waals surface area (Å²) in [4.78, 5) is 31.1. The summed E-state index contributed by atoms with van der Waals surface area (Å²) in [5, 5.41) is 14.3. The number of aromatic nitrogens is 3. The molecular weight excluding hydrogens is 554 g/mol. The summed E-state index contributed by atoms with van der Waals surface area (Å²) >= 11 is 0. The van der Waals surface area contributed by atoms with Gasteiger partial charge in [-0.05, 0) is 67.6 Å². The van der Waals surface area contributed by atoms with Crippen molar-refractivity contribution < 1.29 is 14.3 Å². The Balaban J connectivity index is 1.60. The number of hydrogen-bond acceptors (Lipinski definition) is 7. The molecule has 10 nitrogen and oxygen atoms in total. The molecular formula is C34H49N7O3. The molecule has 10 heteroatoms. The Labute approximate surface area is 262 Å². The van der Waals surface area contributed by atoms with Crippen molar-refractivity contribution in [1.29, 1.82) is 0 Å². The minimum atomic E-state index is -0.287. The molecule has 1 atom stereocenters. The molecule has 1 aromatic heterocycles. The topological polar surface area (TPSA) is 105 Å². The molecule has 0 unspecified atom stereocenters. The average Bonchev–Trinajstić information content (AvgIpc) is 3.61. The van der Waals surface area contributed by atoms with Gasteiger partial charge in [0.1, 0.15) is 5.75 Å². The van der Waals surface area contributed by atoms with Crippen LogP contribution in [-0.4, -0.2) is 83.5 Å². The summed E-state index contributed by atoms with van der Waals surface area (Å²) in [5.74, 6) is 0.123. The molecule has 1 aliphatic rings. The number of likely N-dealkylation sites (N-methyl/N-ethyl adjacent to an activating group) is 1. The molecule has 2 aromatic carbocycles. The first-order valence-electron chi connectivity index (χ1n) is 15.3. The molecule has 1 fully saturated rings. The second kappa shape index (κ2) is 13.1. The number of carbonyl (C=O) groups excluding carboxylic acids is 2. The van der Waals surface area contributed by atoms with E-state index in [0.29, 0.717) is 35.3 Å². The fourth-order valence-corrected chi connectivity index (χ4v) is 5.31. The van der Waals surface area contributed by atoms with Crippen LogP contribution in [0, 0.1) is 12.3 Å². The summed E-state index contributed by atoms with van der Waals surface area (Å²) in [6.07, 6.45) is 2.71. The Morgan fingerprint density at radius 1 is 1.07 bits per heavy atom. The zero-order valence-corrected chi connectivity index (χ0v) is 28.0. The highest BCUT2D eigenvalue weighted by Crippen LogP contribution is 2.37. The predicted molar refractivity (Wildman–Crippen MR) is 175 cm³/mol. The number of rotatable bonds is 9. The number of likely N-dealkylation sites (tertiary alicyclic amines) is 1. The van der Waals surface area contributed by atoms with Gasteiger partial charge < -0.3 is 20.3 Å². The van der Waals surface area contributed by atoms with E-state index < -0.39 is 0 Å². The number of methoxy groups -OCH3 is 1. The summed E-state index contributed by atoms with van der Waals surface area (Å²) in [6, 6.07) is 10.2. The molecule has 238 valence electrons. The Hall–Kier alpha value is -3.76. The maximum atomic E-state index is 13.7. The number of nitrogens with zero attached hydrogens (tertiary/aromatic N) is 5. The highest BCUT2D eigenvalue weighted by atomic mass is 16.5. The van der Waals surface area contributed by atoms with E-state index >= 15 is 0 Å². The van der Waals surface area contributed by atoms with Crippen molar-refractivity contribution in [3.63, 3.8) is 0 Å². The van der Waals surface area contributed by atoms with E-state index in [1.165, 1.54) is 4.68 Å². The van der Waals surface area contributed by atoms with Crippen LogP contribution in [-0.2, 0) is 12.0 Å². The summed E-state index contributed by atoms with van der Waals surface area (Å²) < 4.78 is 7.47. The fraction of sp³-hybridized carbons (Fsp3) is 0.529. The van der Waals surface area contributed by atoms with E-state index in [9.17, 15) is 9.59 Å². The third-order valence-corrected chi connectivity index (χ3v) is 8.08. The van der Waals surface area contributed by atoms with Crippen LogP contribution in [0.3, 0.4) is 0 Å². The molecule has 4 rings (SSSR count). The third-order valence-electron chi connectivity index (χ3n) is 8.08. The normalized spacial score (nSPS) is 15.9. The van der Waals surface area contributed by atoms with E-state index in [2.05, 4.69) is 71.7 Å². The number of benzene rings is 2. The SMILES string of the molecule is COc1c(CN2CC[C@H](N(C)C)C2)cc(C(C)(C)C)cc1NC(=O)c1ccc(C)c(-n2cc(C(=O)NCC(C)(C)C)nn2)c1. The quantitative estimate of drug-likeness (QED) is 0.353. The van der Waals surface area contributed by atoms with Crippen molar-refractivity contribution in [2.45, 2.75) is 72.9 Å². The van der Waals surface area contributed by atoms with Crippen LogP contribution in [0.5, 0.6) is 5.75 Å². The van der Waals surface area contributed by atoms with Gasteiger partial charge in [-0.15, -0.1) is 5.10 Å². The Morgan fingerprint density at radius 3 is 2.41 bits per heavy atom. The first kappa shape index (κ1) is 33.1. The van der Waals surface area contributed by atoms with Crippen molar-refractivity contribution in [1.82, 2.24) is 30.1 Å². The molecule has 0 saturated carbocycles. The monoisotopic (exact) mass is 603 g/mol. The molecule has 0 spiro atoms. The molecule has 0 radical (unpaired) electrons. The number of nitrogens with one attached hydrogen (secondary N) is 2. The van der Waals surface area contributed by atoms with Crippen LogP contribution in [0.1, 0.15) is 85.5 Å². The first-order valence-corrected chi connectivity index (χ1v) is 15.3. The Bertz CT molecular complexity index is 1500. The van der Waals surface area contributed by atoms with Gasteiger partial charge in [0.25, 0.3) is 11.8 Å². The summed E-state index contributed by atoms with van der Waals surface area (Å²) in [5.41, 5.74) is 4.87. The summed E-state index contributed by atoms with van der Waals surface area (Å²) in [7, 11) is 5.92. The van der Waals surface area contributed by atoms with Gasteiger partial charge in [0.2, 0.25) is 0 Å².